The second-order valence-corrected chi connectivity index (χ2v) is 3.08. The van der Waals surface area contributed by atoms with Crippen molar-refractivity contribution in [1.29, 1.82) is 0 Å². The summed E-state index contributed by atoms with van der Waals surface area (Å²) in [5, 5.41) is 10.5. The topological polar surface area (TPSA) is 47.9 Å². The molecule has 12 heavy (non-hydrogen) atoms. The van der Waals surface area contributed by atoms with Gasteiger partial charge in [0.1, 0.15) is 0 Å². The molecule has 0 saturated carbocycles. The van der Waals surface area contributed by atoms with E-state index in [0.29, 0.717) is 0 Å². The SMILES string of the molecule is CC(C)Oc1c(Cl)nnnc1Cl. The first-order chi connectivity index (χ1) is 5.61. The number of rotatable bonds is 2. The predicted octanol–water partition coefficient (Wildman–Crippen LogP) is 1.97. The highest BCUT2D eigenvalue weighted by Crippen LogP contribution is 2.28. The summed E-state index contributed by atoms with van der Waals surface area (Å²) in [6, 6.07) is 0. The summed E-state index contributed by atoms with van der Waals surface area (Å²) in [6.07, 6.45) is -0.0222. The van der Waals surface area contributed by atoms with Crippen molar-refractivity contribution in [2.24, 2.45) is 0 Å². The molecule has 0 aliphatic carbocycles. The maximum absolute atomic E-state index is 5.65. The van der Waals surface area contributed by atoms with Gasteiger partial charge >= 0.3 is 0 Å². The summed E-state index contributed by atoms with van der Waals surface area (Å²) >= 11 is 11.3. The fourth-order valence-electron chi connectivity index (χ4n) is 0.610. The van der Waals surface area contributed by atoms with E-state index in [1.807, 2.05) is 13.8 Å². The Morgan fingerprint density at radius 2 is 1.67 bits per heavy atom. The molecular weight excluding hydrogens is 201 g/mol. The van der Waals surface area contributed by atoms with Gasteiger partial charge in [-0.3, -0.25) is 0 Å². The van der Waals surface area contributed by atoms with Crippen molar-refractivity contribution in [3.63, 3.8) is 0 Å². The van der Waals surface area contributed by atoms with Gasteiger partial charge in [-0.15, -0.1) is 10.2 Å². The van der Waals surface area contributed by atoms with E-state index in [-0.39, 0.29) is 22.2 Å². The van der Waals surface area contributed by atoms with E-state index in [4.69, 9.17) is 27.9 Å². The Balaban J connectivity index is 2.96. The Morgan fingerprint density at radius 3 is 2.08 bits per heavy atom. The fraction of sp³-hybridized carbons (Fsp3) is 0.500. The van der Waals surface area contributed by atoms with E-state index in [9.17, 15) is 0 Å². The van der Waals surface area contributed by atoms with E-state index in [2.05, 4.69) is 15.4 Å². The number of nitrogens with zero attached hydrogens (tertiary/aromatic N) is 3. The molecule has 1 aromatic rings. The average Bonchev–Trinajstić information content (AvgIpc) is 1.97. The van der Waals surface area contributed by atoms with Crippen molar-refractivity contribution >= 4 is 23.2 Å². The Labute approximate surface area is 79.8 Å². The number of ether oxygens (including phenoxy) is 1. The predicted molar refractivity (Wildman–Crippen MR) is 45.6 cm³/mol. The third kappa shape index (κ3) is 2.19. The van der Waals surface area contributed by atoms with Gasteiger partial charge in [-0.1, -0.05) is 23.2 Å². The lowest BCUT2D eigenvalue weighted by Gasteiger charge is -2.09. The molecule has 6 heteroatoms. The third-order valence-corrected chi connectivity index (χ3v) is 1.49. The van der Waals surface area contributed by atoms with Crippen LogP contribution in [0, 0.1) is 0 Å². The molecule has 1 heterocycles. The van der Waals surface area contributed by atoms with Gasteiger partial charge in [0, 0.05) is 0 Å². The van der Waals surface area contributed by atoms with Gasteiger partial charge in [0.2, 0.25) is 0 Å². The van der Waals surface area contributed by atoms with Gasteiger partial charge in [0.25, 0.3) is 0 Å². The second kappa shape index (κ2) is 3.87. The van der Waals surface area contributed by atoms with Crippen LogP contribution in [-0.2, 0) is 0 Å². The monoisotopic (exact) mass is 207 g/mol. The molecule has 1 rings (SSSR count). The number of hydrogen-bond donors (Lipinski definition) is 0. The number of halogens is 2. The van der Waals surface area contributed by atoms with E-state index >= 15 is 0 Å². The van der Waals surface area contributed by atoms with E-state index in [1.54, 1.807) is 0 Å². The van der Waals surface area contributed by atoms with Crippen LogP contribution in [0.1, 0.15) is 13.8 Å². The van der Waals surface area contributed by atoms with Gasteiger partial charge < -0.3 is 4.74 Å². The van der Waals surface area contributed by atoms with Crippen LogP contribution in [0.2, 0.25) is 10.3 Å². The molecule has 4 nitrogen and oxygen atoms in total. The van der Waals surface area contributed by atoms with Crippen LogP contribution in [0.25, 0.3) is 0 Å². The minimum atomic E-state index is -0.0222. The summed E-state index contributed by atoms with van der Waals surface area (Å²) < 4.78 is 5.25. The minimum Gasteiger partial charge on any atom is -0.485 e. The second-order valence-electron chi connectivity index (χ2n) is 2.37. The first-order valence-electron chi connectivity index (χ1n) is 3.32. The average molecular weight is 208 g/mol. The highest BCUT2D eigenvalue weighted by Gasteiger charge is 2.11. The van der Waals surface area contributed by atoms with Crippen LogP contribution >= 0.6 is 23.2 Å². The smallest absolute Gasteiger partial charge is 0.198 e. The lowest BCUT2D eigenvalue weighted by molar-refractivity contribution is 0.240. The molecule has 0 aliphatic heterocycles. The third-order valence-electron chi connectivity index (χ3n) is 0.993. The molecule has 0 unspecified atom stereocenters. The van der Waals surface area contributed by atoms with E-state index in [1.165, 1.54) is 0 Å². The summed E-state index contributed by atoms with van der Waals surface area (Å²) in [6.45, 7) is 3.71. The summed E-state index contributed by atoms with van der Waals surface area (Å²) in [7, 11) is 0. The standard InChI is InChI=1S/C6H7Cl2N3O/c1-3(2)12-4-5(7)9-11-10-6(4)8/h3H,1-2H3. The Morgan fingerprint density at radius 1 is 1.17 bits per heavy atom. The molecule has 0 N–H and O–H groups in total. The Hall–Kier alpha value is -0.610. The molecule has 0 aliphatic rings. The van der Waals surface area contributed by atoms with E-state index in [0.717, 1.165) is 0 Å². The normalized spacial score (nSPS) is 10.4. The Bertz CT molecular complexity index is 259. The molecule has 0 atom stereocenters. The van der Waals surface area contributed by atoms with Gasteiger partial charge in [-0.2, -0.15) is 0 Å². The van der Waals surface area contributed by atoms with Crippen molar-refractivity contribution < 1.29 is 4.74 Å². The number of aromatic nitrogens is 3. The van der Waals surface area contributed by atoms with Crippen LogP contribution in [0.5, 0.6) is 5.75 Å². The van der Waals surface area contributed by atoms with Gasteiger partial charge in [0.05, 0.1) is 6.10 Å². The van der Waals surface area contributed by atoms with Crippen LogP contribution in [0.15, 0.2) is 0 Å². The van der Waals surface area contributed by atoms with Crippen LogP contribution in [-0.4, -0.2) is 21.5 Å². The molecule has 0 fully saturated rings. The van der Waals surface area contributed by atoms with Crippen molar-refractivity contribution in [2.45, 2.75) is 20.0 Å². The molecule has 1 aromatic heterocycles. The summed E-state index contributed by atoms with van der Waals surface area (Å²) in [5.41, 5.74) is 0. The molecule has 0 amide bonds. The highest BCUT2D eigenvalue weighted by atomic mass is 35.5. The van der Waals surface area contributed by atoms with Crippen LogP contribution in [0.3, 0.4) is 0 Å². The fourth-order valence-corrected chi connectivity index (χ4v) is 0.994. The van der Waals surface area contributed by atoms with Gasteiger partial charge in [0.15, 0.2) is 16.1 Å². The van der Waals surface area contributed by atoms with Gasteiger partial charge in [-0.05, 0) is 19.1 Å². The maximum atomic E-state index is 5.65. The molecule has 0 saturated heterocycles. The van der Waals surface area contributed by atoms with Crippen molar-refractivity contribution in [3.8, 4) is 5.75 Å². The molecular formula is C6H7Cl2N3O. The molecule has 66 valence electrons. The maximum Gasteiger partial charge on any atom is 0.198 e. The molecule has 0 bridgehead atoms. The summed E-state index contributed by atoms with van der Waals surface area (Å²) in [5.74, 6) is 0.281. The van der Waals surface area contributed by atoms with Crippen molar-refractivity contribution in [3.05, 3.63) is 10.3 Å². The first kappa shape index (κ1) is 9.48. The first-order valence-corrected chi connectivity index (χ1v) is 4.08. The van der Waals surface area contributed by atoms with Crippen molar-refractivity contribution in [1.82, 2.24) is 15.4 Å². The molecule has 0 spiro atoms. The minimum absolute atomic E-state index is 0.0222. The highest BCUT2D eigenvalue weighted by molar-refractivity contribution is 6.35. The Kier molecular flexibility index (Phi) is 3.05. The number of hydrogen-bond acceptors (Lipinski definition) is 4. The lowest BCUT2D eigenvalue weighted by Crippen LogP contribution is -2.08. The van der Waals surface area contributed by atoms with Gasteiger partial charge in [-0.25, -0.2) is 0 Å². The zero-order valence-corrected chi connectivity index (χ0v) is 8.10. The summed E-state index contributed by atoms with van der Waals surface area (Å²) in [4.78, 5) is 0. The van der Waals surface area contributed by atoms with Crippen LogP contribution < -0.4 is 4.74 Å². The van der Waals surface area contributed by atoms with E-state index < -0.39 is 0 Å². The largest absolute Gasteiger partial charge is 0.485 e. The molecule has 0 aromatic carbocycles. The van der Waals surface area contributed by atoms with Crippen LogP contribution in [0.4, 0.5) is 0 Å². The zero-order chi connectivity index (χ0) is 9.14. The lowest BCUT2D eigenvalue weighted by atomic mass is 10.5. The molecule has 0 radical (unpaired) electrons. The van der Waals surface area contributed by atoms with Crippen molar-refractivity contribution in [2.75, 3.05) is 0 Å². The quantitative estimate of drug-likeness (QED) is 0.745. The zero-order valence-electron chi connectivity index (χ0n) is 6.58.